The summed E-state index contributed by atoms with van der Waals surface area (Å²) in [7, 11) is 1.57. The highest BCUT2D eigenvalue weighted by atomic mass is 32.2. The van der Waals surface area contributed by atoms with E-state index in [0.29, 0.717) is 21.3 Å². The summed E-state index contributed by atoms with van der Waals surface area (Å²) in [6, 6.07) is 5.27. The molecule has 1 aliphatic rings. The molecule has 1 fully saturated rings. The number of anilines is 1. The summed E-state index contributed by atoms with van der Waals surface area (Å²) in [5, 5.41) is 9.65. The van der Waals surface area contributed by atoms with Crippen LogP contribution in [-0.2, 0) is 0 Å². The fourth-order valence-electron chi connectivity index (χ4n) is 2.06. The molecule has 7 nitrogen and oxygen atoms in total. The number of nitrogens with zero attached hydrogens (tertiary/aromatic N) is 2. The normalized spacial score (nSPS) is 14.1. The third-order valence-electron chi connectivity index (χ3n) is 3.26. The van der Waals surface area contributed by atoms with Gasteiger partial charge in [0, 0.05) is 23.7 Å². The van der Waals surface area contributed by atoms with E-state index in [1.807, 2.05) is 0 Å². The quantitative estimate of drug-likeness (QED) is 0.731. The second kappa shape index (κ2) is 5.28. The SMILES string of the molecule is CNC(=O)c1ccc(N)cc1Sc1n[nH]c(=O)n1C1CC1. The summed E-state index contributed by atoms with van der Waals surface area (Å²) >= 11 is 1.27. The number of aromatic nitrogens is 3. The number of aromatic amines is 1. The lowest BCUT2D eigenvalue weighted by Gasteiger charge is -2.09. The summed E-state index contributed by atoms with van der Waals surface area (Å²) in [5.41, 5.74) is 6.64. The zero-order valence-corrected chi connectivity index (χ0v) is 12.2. The van der Waals surface area contributed by atoms with Crippen LogP contribution in [0.1, 0.15) is 29.2 Å². The maximum absolute atomic E-state index is 11.9. The van der Waals surface area contributed by atoms with Crippen LogP contribution in [0.2, 0.25) is 0 Å². The molecule has 0 bridgehead atoms. The Labute approximate surface area is 124 Å². The molecular weight excluding hydrogens is 290 g/mol. The molecule has 0 unspecified atom stereocenters. The second-order valence-corrected chi connectivity index (χ2v) is 5.86. The van der Waals surface area contributed by atoms with Crippen LogP contribution in [0.4, 0.5) is 5.69 Å². The van der Waals surface area contributed by atoms with Gasteiger partial charge in [0.2, 0.25) is 0 Å². The number of H-pyrrole nitrogens is 1. The van der Waals surface area contributed by atoms with Crippen molar-refractivity contribution >= 4 is 23.4 Å². The van der Waals surface area contributed by atoms with E-state index >= 15 is 0 Å². The molecule has 21 heavy (non-hydrogen) atoms. The lowest BCUT2D eigenvalue weighted by atomic mass is 10.2. The number of rotatable bonds is 4. The molecule has 3 rings (SSSR count). The van der Waals surface area contributed by atoms with Gasteiger partial charge in [-0.15, -0.1) is 5.10 Å². The van der Waals surface area contributed by atoms with Crippen LogP contribution in [-0.4, -0.2) is 27.7 Å². The second-order valence-electron chi connectivity index (χ2n) is 4.85. The van der Waals surface area contributed by atoms with Crippen molar-refractivity contribution in [3.8, 4) is 0 Å². The van der Waals surface area contributed by atoms with Crippen LogP contribution < -0.4 is 16.7 Å². The Morgan fingerprint density at radius 3 is 2.95 bits per heavy atom. The van der Waals surface area contributed by atoms with E-state index in [1.165, 1.54) is 11.8 Å². The first kappa shape index (κ1) is 13.7. The van der Waals surface area contributed by atoms with Gasteiger partial charge >= 0.3 is 5.69 Å². The van der Waals surface area contributed by atoms with Crippen molar-refractivity contribution in [1.82, 2.24) is 20.1 Å². The van der Waals surface area contributed by atoms with Gasteiger partial charge in [-0.3, -0.25) is 9.36 Å². The molecule has 0 spiro atoms. The summed E-state index contributed by atoms with van der Waals surface area (Å²) < 4.78 is 1.64. The molecular formula is C13H15N5O2S. The topological polar surface area (TPSA) is 106 Å². The van der Waals surface area contributed by atoms with E-state index < -0.39 is 0 Å². The molecule has 2 aromatic rings. The van der Waals surface area contributed by atoms with Gasteiger partial charge in [-0.2, -0.15) is 0 Å². The van der Waals surface area contributed by atoms with Gasteiger partial charge in [-0.25, -0.2) is 9.89 Å². The number of carbonyl (C=O) groups is 1. The van der Waals surface area contributed by atoms with Gasteiger partial charge in [-0.05, 0) is 42.8 Å². The summed E-state index contributed by atoms with van der Waals surface area (Å²) in [5.74, 6) is -0.201. The molecule has 4 N–H and O–H groups in total. The van der Waals surface area contributed by atoms with Crippen molar-refractivity contribution in [3.63, 3.8) is 0 Å². The molecule has 1 heterocycles. The molecule has 1 saturated carbocycles. The zero-order chi connectivity index (χ0) is 15.0. The van der Waals surface area contributed by atoms with Crippen LogP contribution >= 0.6 is 11.8 Å². The standard InChI is InChI=1S/C13H15N5O2S/c1-15-11(19)9-5-2-7(14)6-10(9)21-13-17-16-12(20)18(13)8-3-4-8/h2,5-6,8H,3-4,14H2,1H3,(H,15,19)(H,16,20). The molecule has 1 aromatic heterocycles. The van der Waals surface area contributed by atoms with Crippen LogP contribution in [0.5, 0.6) is 0 Å². The van der Waals surface area contributed by atoms with Gasteiger partial charge in [0.05, 0.1) is 5.56 Å². The number of hydrogen-bond donors (Lipinski definition) is 3. The molecule has 8 heteroatoms. The molecule has 0 aliphatic heterocycles. The number of nitrogen functional groups attached to an aromatic ring is 1. The summed E-state index contributed by atoms with van der Waals surface area (Å²) in [4.78, 5) is 24.4. The molecule has 0 saturated heterocycles. The number of nitrogens with two attached hydrogens (primary N) is 1. The van der Waals surface area contributed by atoms with E-state index in [-0.39, 0.29) is 17.6 Å². The van der Waals surface area contributed by atoms with Crippen molar-refractivity contribution in [2.75, 3.05) is 12.8 Å². The number of nitrogens with one attached hydrogen (secondary N) is 2. The number of amides is 1. The monoisotopic (exact) mass is 305 g/mol. The number of hydrogen-bond acceptors (Lipinski definition) is 5. The summed E-state index contributed by atoms with van der Waals surface area (Å²) in [6.45, 7) is 0. The van der Waals surface area contributed by atoms with Gasteiger partial charge < -0.3 is 11.1 Å². The van der Waals surface area contributed by atoms with Gasteiger partial charge in [0.25, 0.3) is 5.91 Å². The third-order valence-corrected chi connectivity index (χ3v) is 4.29. The van der Waals surface area contributed by atoms with E-state index in [2.05, 4.69) is 15.5 Å². The first-order chi connectivity index (χ1) is 10.1. The highest BCUT2D eigenvalue weighted by Gasteiger charge is 2.29. The molecule has 0 radical (unpaired) electrons. The predicted octanol–water partition coefficient (Wildman–Crippen LogP) is 0.999. The van der Waals surface area contributed by atoms with Crippen molar-refractivity contribution in [2.24, 2.45) is 0 Å². The van der Waals surface area contributed by atoms with Crippen LogP contribution in [0.15, 0.2) is 33.0 Å². The molecule has 110 valence electrons. The van der Waals surface area contributed by atoms with Crippen LogP contribution in [0.3, 0.4) is 0 Å². The largest absolute Gasteiger partial charge is 0.399 e. The Morgan fingerprint density at radius 1 is 1.52 bits per heavy atom. The Balaban J connectivity index is 2.00. The Morgan fingerprint density at radius 2 is 2.29 bits per heavy atom. The summed E-state index contributed by atoms with van der Waals surface area (Å²) in [6.07, 6.45) is 1.96. The molecule has 1 amide bonds. The predicted molar refractivity (Wildman–Crippen MR) is 79.5 cm³/mol. The zero-order valence-electron chi connectivity index (χ0n) is 11.4. The van der Waals surface area contributed by atoms with Gasteiger partial charge in [0.1, 0.15) is 0 Å². The fraction of sp³-hybridized carbons (Fsp3) is 0.308. The Hall–Kier alpha value is -2.22. The van der Waals surface area contributed by atoms with Crippen molar-refractivity contribution in [2.45, 2.75) is 28.9 Å². The Kier molecular flexibility index (Phi) is 3.46. The first-order valence-electron chi connectivity index (χ1n) is 6.56. The number of carbonyl (C=O) groups excluding carboxylic acids is 1. The number of benzene rings is 1. The minimum absolute atomic E-state index is 0.201. The van der Waals surface area contributed by atoms with Gasteiger partial charge in [-0.1, -0.05) is 0 Å². The minimum Gasteiger partial charge on any atom is -0.399 e. The van der Waals surface area contributed by atoms with E-state index in [1.54, 1.807) is 29.8 Å². The smallest absolute Gasteiger partial charge is 0.344 e. The molecule has 1 aromatic carbocycles. The lowest BCUT2D eigenvalue weighted by Crippen LogP contribution is -2.19. The minimum atomic E-state index is -0.217. The third kappa shape index (κ3) is 2.66. The lowest BCUT2D eigenvalue weighted by molar-refractivity contribution is 0.0960. The van der Waals surface area contributed by atoms with Crippen LogP contribution in [0, 0.1) is 0 Å². The maximum Gasteiger partial charge on any atom is 0.344 e. The van der Waals surface area contributed by atoms with Crippen molar-refractivity contribution in [1.29, 1.82) is 0 Å². The highest BCUT2D eigenvalue weighted by Crippen LogP contribution is 2.38. The molecule has 0 atom stereocenters. The van der Waals surface area contributed by atoms with E-state index in [0.717, 1.165) is 12.8 Å². The fourth-order valence-corrected chi connectivity index (χ4v) is 3.14. The average molecular weight is 305 g/mol. The first-order valence-corrected chi connectivity index (χ1v) is 7.38. The van der Waals surface area contributed by atoms with Crippen molar-refractivity contribution in [3.05, 3.63) is 34.2 Å². The van der Waals surface area contributed by atoms with Crippen LogP contribution in [0.25, 0.3) is 0 Å². The highest BCUT2D eigenvalue weighted by molar-refractivity contribution is 7.99. The Bertz CT molecular complexity index is 747. The van der Waals surface area contributed by atoms with E-state index in [9.17, 15) is 9.59 Å². The van der Waals surface area contributed by atoms with E-state index in [4.69, 9.17) is 5.73 Å². The van der Waals surface area contributed by atoms with Crippen molar-refractivity contribution < 1.29 is 4.79 Å². The molecule has 1 aliphatic carbocycles. The van der Waals surface area contributed by atoms with Gasteiger partial charge in [0.15, 0.2) is 5.16 Å². The average Bonchev–Trinajstić information content (AvgIpc) is 3.23. The maximum atomic E-state index is 11.9.